The van der Waals surface area contributed by atoms with E-state index in [-0.39, 0.29) is 4.75 Å². The van der Waals surface area contributed by atoms with Gasteiger partial charge in [0.15, 0.2) is 0 Å². The largest absolute Gasteiger partial charge is 0.591 e. The summed E-state index contributed by atoms with van der Waals surface area (Å²) in [4.78, 5) is 0. The fourth-order valence-corrected chi connectivity index (χ4v) is 2.61. The fourth-order valence-electron chi connectivity index (χ4n) is 1.98. The first-order chi connectivity index (χ1) is 9.20. The standard InChI is InChI=1S/C15H21N3OS/c1-10(17-20(19)15(3,4)5)12-7-8-13-11(2)16-18(6)14(13)9-12/h7-9H,1-6H3/b17-10+. The van der Waals surface area contributed by atoms with Crippen LogP contribution in [0.4, 0.5) is 0 Å². The lowest BCUT2D eigenvalue weighted by atomic mass is 10.1. The number of fused-ring (bicyclic) bond motifs is 1. The minimum atomic E-state index is -1.24. The van der Waals surface area contributed by atoms with E-state index in [1.54, 1.807) is 0 Å². The van der Waals surface area contributed by atoms with Gasteiger partial charge in [-0.25, -0.2) is 0 Å². The molecule has 0 radical (unpaired) electrons. The van der Waals surface area contributed by atoms with Gasteiger partial charge in [-0.05, 0) is 40.7 Å². The molecule has 0 spiro atoms. The van der Waals surface area contributed by atoms with Gasteiger partial charge in [0.1, 0.15) is 16.1 Å². The van der Waals surface area contributed by atoms with Crippen molar-refractivity contribution >= 4 is 28.0 Å². The van der Waals surface area contributed by atoms with Crippen LogP contribution >= 0.6 is 0 Å². The topological polar surface area (TPSA) is 53.2 Å². The second-order valence-electron chi connectivity index (χ2n) is 5.98. The Labute approximate surface area is 123 Å². The molecule has 0 fully saturated rings. The molecule has 20 heavy (non-hydrogen) atoms. The lowest BCUT2D eigenvalue weighted by Gasteiger charge is -2.18. The number of hydrogen-bond acceptors (Lipinski definition) is 3. The maximum Gasteiger partial charge on any atom is 0.144 e. The van der Waals surface area contributed by atoms with Crippen molar-refractivity contribution in [3.8, 4) is 0 Å². The Kier molecular flexibility index (Phi) is 3.93. The normalized spacial score (nSPS) is 14.8. The van der Waals surface area contributed by atoms with Crippen molar-refractivity contribution < 1.29 is 4.55 Å². The summed E-state index contributed by atoms with van der Waals surface area (Å²) in [5.41, 5.74) is 3.86. The fraction of sp³-hybridized carbons (Fsp3) is 0.467. The first-order valence-corrected chi connectivity index (χ1v) is 7.72. The Morgan fingerprint density at radius 3 is 2.60 bits per heavy atom. The first-order valence-electron chi connectivity index (χ1n) is 6.61. The third-order valence-electron chi connectivity index (χ3n) is 3.20. The van der Waals surface area contributed by atoms with Crippen LogP contribution in [0.3, 0.4) is 0 Å². The van der Waals surface area contributed by atoms with E-state index in [1.807, 2.05) is 64.5 Å². The molecule has 0 aliphatic carbocycles. The zero-order valence-electron chi connectivity index (χ0n) is 12.9. The monoisotopic (exact) mass is 291 g/mol. The van der Waals surface area contributed by atoms with Crippen molar-refractivity contribution in [3.05, 3.63) is 29.5 Å². The number of aromatic nitrogens is 2. The first kappa shape index (κ1) is 15.1. The summed E-state index contributed by atoms with van der Waals surface area (Å²) in [6, 6.07) is 6.11. The second-order valence-corrected chi connectivity index (χ2v) is 7.88. The second kappa shape index (κ2) is 5.22. The van der Waals surface area contributed by atoms with Crippen LogP contribution in [0.1, 0.15) is 39.0 Å². The van der Waals surface area contributed by atoms with E-state index in [0.29, 0.717) is 0 Å². The molecule has 2 rings (SSSR count). The predicted molar refractivity (Wildman–Crippen MR) is 85.6 cm³/mol. The number of aryl methyl sites for hydroxylation is 2. The molecular weight excluding hydrogens is 270 g/mol. The number of rotatable bonds is 2. The molecule has 1 heterocycles. The Morgan fingerprint density at radius 2 is 2.00 bits per heavy atom. The van der Waals surface area contributed by atoms with E-state index >= 15 is 0 Å². The number of nitrogens with zero attached hydrogens (tertiary/aromatic N) is 3. The summed E-state index contributed by atoms with van der Waals surface area (Å²) in [5, 5.41) is 5.55. The van der Waals surface area contributed by atoms with Crippen molar-refractivity contribution in [1.29, 1.82) is 0 Å². The summed E-state index contributed by atoms with van der Waals surface area (Å²) in [6.45, 7) is 9.67. The van der Waals surface area contributed by atoms with Gasteiger partial charge in [0.05, 0.1) is 16.9 Å². The van der Waals surface area contributed by atoms with Crippen LogP contribution in [0.15, 0.2) is 22.6 Å². The van der Waals surface area contributed by atoms with Gasteiger partial charge < -0.3 is 4.55 Å². The van der Waals surface area contributed by atoms with Crippen molar-refractivity contribution in [2.24, 2.45) is 11.4 Å². The van der Waals surface area contributed by atoms with Gasteiger partial charge in [0.2, 0.25) is 0 Å². The maximum atomic E-state index is 12.1. The molecule has 0 bridgehead atoms. The molecule has 1 unspecified atom stereocenters. The zero-order chi connectivity index (χ0) is 15.1. The van der Waals surface area contributed by atoms with E-state index in [4.69, 9.17) is 0 Å². The highest BCUT2D eigenvalue weighted by Crippen LogP contribution is 2.21. The summed E-state index contributed by atoms with van der Waals surface area (Å²) >= 11 is -1.24. The molecule has 1 aromatic heterocycles. The van der Waals surface area contributed by atoms with Crippen LogP contribution in [0.2, 0.25) is 0 Å². The van der Waals surface area contributed by atoms with Crippen LogP contribution in [0, 0.1) is 6.92 Å². The summed E-state index contributed by atoms with van der Waals surface area (Å²) < 4.78 is 17.9. The van der Waals surface area contributed by atoms with Crippen LogP contribution in [0.5, 0.6) is 0 Å². The minimum Gasteiger partial charge on any atom is -0.591 e. The lowest BCUT2D eigenvalue weighted by molar-refractivity contribution is 0.561. The molecule has 1 aromatic carbocycles. The average Bonchev–Trinajstić information content (AvgIpc) is 2.63. The minimum absolute atomic E-state index is 0.339. The highest BCUT2D eigenvalue weighted by Gasteiger charge is 2.26. The van der Waals surface area contributed by atoms with Gasteiger partial charge in [-0.15, -0.1) is 0 Å². The van der Waals surface area contributed by atoms with Crippen LogP contribution in [-0.4, -0.2) is 24.8 Å². The smallest absolute Gasteiger partial charge is 0.144 e. The van der Waals surface area contributed by atoms with Gasteiger partial charge in [-0.3, -0.25) is 4.68 Å². The Bertz CT molecular complexity index is 668. The van der Waals surface area contributed by atoms with Crippen molar-refractivity contribution in [3.63, 3.8) is 0 Å². The highest BCUT2D eigenvalue weighted by atomic mass is 32.2. The molecule has 4 nitrogen and oxygen atoms in total. The van der Waals surface area contributed by atoms with Crippen LogP contribution < -0.4 is 0 Å². The van der Waals surface area contributed by atoms with Crippen molar-refractivity contribution in [2.75, 3.05) is 0 Å². The Hall–Kier alpha value is -1.33. The molecule has 0 aliphatic heterocycles. The SMILES string of the molecule is C/C(=N\[S+]([O-])C(C)(C)C)c1ccc2c(C)nn(C)c2c1. The van der Waals surface area contributed by atoms with Gasteiger partial charge >= 0.3 is 0 Å². The Morgan fingerprint density at radius 1 is 1.35 bits per heavy atom. The van der Waals surface area contributed by atoms with Crippen LogP contribution in [-0.2, 0) is 18.4 Å². The quantitative estimate of drug-likeness (QED) is 0.630. The molecule has 2 aromatic rings. The molecule has 0 saturated carbocycles. The van der Waals surface area contributed by atoms with Gasteiger partial charge in [0, 0.05) is 18.0 Å². The van der Waals surface area contributed by atoms with E-state index in [9.17, 15) is 4.55 Å². The van der Waals surface area contributed by atoms with Gasteiger partial charge in [-0.1, -0.05) is 16.5 Å². The zero-order valence-corrected chi connectivity index (χ0v) is 13.7. The summed E-state index contributed by atoms with van der Waals surface area (Å²) in [7, 11) is 1.93. The third kappa shape index (κ3) is 2.88. The van der Waals surface area contributed by atoms with Crippen LogP contribution in [0.25, 0.3) is 10.9 Å². The third-order valence-corrected chi connectivity index (χ3v) is 4.69. The molecule has 0 amide bonds. The van der Waals surface area contributed by atoms with Gasteiger partial charge in [0.25, 0.3) is 0 Å². The Balaban J connectivity index is 2.43. The summed E-state index contributed by atoms with van der Waals surface area (Å²) in [5.74, 6) is 0. The van der Waals surface area contributed by atoms with E-state index < -0.39 is 11.4 Å². The molecule has 0 aliphatic rings. The van der Waals surface area contributed by atoms with E-state index in [2.05, 4.69) is 9.50 Å². The van der Waals surface area contributed by atoms with E-state index in [0.717, 1.165) is 27.9 Å². The number of hydrogen-bond donors (Lipinski definition) is 0. The molecule has 5 heteroatoms. The molecule has 108 valence electrons. The molecule has 0 saturated heterocycles. The lowest BCUT2D eigenvalue weighted by Crippen LogP contribution is -2.26. The molecule has 0 N–H and O–H groups in total. The molecular formula is C15H21N3OS. The van der Waals surface area contributed by atoms with E-state index in [1.165, 1.54) is 0 Å². The highest BCUT2D eigenvalue weighted by molar-refractivity contribution is 7.91. The van der Waals surface area contributed by atoms with Crippen molar-refractivity contribution in [2.45, 2.75) is 39.4 Å². The van der Waals surface area contributed by atoms with Crippen molar-refractivity contribution in [1.82, 2.24) is 9.78 Å². The summed E-state index contributed by atoms with van der Waals surface area (Å²) in [6.07, 6.45) is 0. The molecule has 1 atom stereocenters. The van der Waals surface area contributed by atoms with Gasteiger partial charge in [-0.2, -0.15) is 5.10 Å². The maximum absolute atomic E-state index is 12.1. The predicted octanol–water partition coefficient (Wildman–Crippen LogP) is 3.15. The number of benzene rings is 1. The average molecular weight is 291 g/mol.